The van der Waals surface area contributed by atoms with Crippen molar-refractivity contribution in [3.8, 4) is 11.8 Å². The van der Waals surface area contributed by atoms with Gasteiger partial charge in [0.25, 0.3) is 5.56 Å². The van der Waals surface area contributed by atoms with Crippen LogP contribution in [0.3, 0.4) is 0 Å². The van der Waals surface area contributed by atoms with Crippen LogP contribution in [0.25, 0.3) is 16.6 Å². The van der Waals surface area contributed by atoms with E-state index >= 15 is 0 Å². The van der Waals surface area contributed by atoms with Crippen LogP contribution in [0.4, 0.5) is 10.1 Å². The number of nitrogens with zero attached hydrogens (tertiary/aromatic N) is 2. The fraction of sp³-hybridized carbons (Fsp3) is 0. The van der Waals surface area contributed by atoms with Crippen molar-refractivity contribution >= 4 is 16.6 Å². The Labute approximate surface area is 119 Å². The molecule has 0 saturated carbocycles. The highest BCUT2D eigenvalue weighted by Gasteiger charge is 2.17. The fourth-order valence-corrected chi connectivity index (χ4v) is 2.37. The van der Waals surface area contributed by atoms with Crippen LogP contribution >= 0.6 is 0 Å². The zero-order valence-corrected chi connectivity index (χ0v) is 10.9. The molecular formula is C16H10FN3O. The van der Waals surface area contributed by atoms with Crippen LogP contribution in [0, 0.1) is 17.1 Å². The van der Waals surface area contributed by atoms with E-state index in [0.717, 1.165) is 0 Å². The summed E-state index contributed by atoms with van der Waals surface area (Å²) in [6.07, 6.45) is 0. The molecule has 102 valence electrons. The Morgan fingerprint density at radius 1 is 1.10 bits per heavy atom. The summed E-state index contributed by atoms with van der Waals surface area (Å²) in [6, 6.07) is 14.9. The normalized spacial score (nSPS) is 10.5. The Hall–Kier alpha value is -3.13. The molecule has 3 rings (SSSR count). The van der Waals surface area contributed by atoms with Gasteiger partial charge in [-0.3, -0.25) is 9.36 Å². The maximum Gasteiger partial charge on any atom is 0.275 e. The molecule has 0 atom stereocenters. The fourth-order valence-electron chi connectivity index (χ4n) is 2.37. The molecule has 5 heteroatoms. The molecule has 0 radical (unpaired) electrons. The van der Waals surface area contributed by atoms with E-state index in [4.69, 9.17) is 11.0 Å². The van der Waals surface area contributed by atoms with Crippen molar-refractivity contribution in [1.29, 1.82) is 5.26 Å². The Balaban J connectivity index is 2.59. The monoisotopic (exact) mass is 279 g/mol. The average molecular weight is 279 g/mol. The van der Waals surface area contributed by atoms with E-state index in [-0.39, 0.29) is 16.6 Å². The van der Waals surface area contributed by atoms with Gasteiger partial charge in [-0.1, -0.05) is 24.3 Å². The highest BCUT2D eigenvalue weighted by atomic mass is 19.1. The lowest BCUT2D eigenvalue weighted by molar-refractivity contribution is 0.639. The molecule has 0 aliphatic rings. The van der Waals surface area contributed by atoms with Crippen LogP contribution < -0.4 is 11.3 Å². The van der Waals surface area contributed by atoms with E-state index in [1.54, 1.807) is 42.5 Å². The van der Waals surface area contributed by atoms with Crippen molar-refractivity contribution in [3.63, 3.8) is 0 Å². The van der Waals surface area contributed by atoms with Gasteiger partial charge in [0.05, 0.1) is 16.6 Å². The van der Waals surface area contributed by atoms with Crippen molar-refractivity contribution in [1.82, 2.24) is 4.57 Å². The number of pyridine rings is 1. The largest absolute Gasteiger partial charge is 0.397 e. The number of hydrogen-bond donors (Lipinski definition) is 1. The first-order chi connectivity index (χ1) is 10.1. The number of nitrogens with two attached hydrogens (primary N) is 1. The van der Waals surface area contributed by atoms with Gasteiger partial charge in [-0.25, -0.2) is 4.39 Å². The van der Waals surface area contributed by atoms with Crippen LogP contribution in [-0.2, 0) is 0 Å². The topological polar surface area (TPSA) is 71.8 Å². The number of anilines is 1. The quantitative estimate of drug-likeness (QED) is 0.744. The van der Waals surface area contributed by atoms with Gasteiger partial charge in [-0.2, -0.15) is 5.26 Å². The second-order valence-electron chi connectivity index (χ2n) is 4.51. The zero-order chi connectivity index (χ0) is 15.0. The van der Waals surface area contributed by atoms with Gasteiger partial charge in [0.1, 0.15) is 17.4 Å². The molecule has 4 nitrogen and oxygen atoms in total. The van der Waals surface area contributed by atoms with Gasteiger partial charge in [0.2, 0.25) is 0 Å². The molecule has 0 fully saturated rings. The standard InChI is InChI=1S/C16H10FN3O/c17-12-7-4-8-13-14(12)15(19)11(9-18)16(21)20(13)10-5-2-1-3-6-10/h1-8H,19H2. The van der Waals surface area contributed by atoms with Crippen molar-refractivity contribution < 1.29 is 4.39 Å². The molecule has 0 spiro atoms. The minimum atomic E-state index is -0.564. The second kappa shape index (κ2) is 4.76. The summed E-state index contributed by atoms with van der Waals surface area (Å²) in [6.45, 7) is 0. The molecule has 21 heavy (non-hydrogen) atoms. The summed E-state index contributed by atoms with van der Waals surface area (Å²) >= 11 is 0. The van der Waals surface area contributed by atoms with E-state index < -0.39 is 11.4 Å². The minimum absolute atomic E-state index is 0.0810. The number of aromatic nitrogens is 1. The SMILES string of the molecule is N#Cc1c(N)c2c(F)cccc2n(-c2ccccc2)c1=O. The van der Waals surface area contributed by atoms with Gasteiger partial charge < -0.3 is 5.73 Å². The number of fused-ring (bicyclic) bond motifs is 1. The maximum absolute atomic E-state index is 14.1. The van der Waals surface area contributed by atoms with Gasteiger partial charge >= 0.3 is 0 Å². The summed E-state index contributed by atoms with van der Waals surface area (Å²) in [5.74, 6) is -0.564. The Bertz CT molecular complexity index is 940. The molecular weight excluding hydrogens is 269 g/mol. The first kappa shape index (κ1) is 12.9. The molecule has 0 unspecified atom stereocenters. The third-order valence-electron chi connectivity index (χ3n) is 3.31. The zero-order valence-electron chi connectivity index (χ0n) is 10.9. The lowest BCUT2D eigenvalue weighted by Gasteiger charge is -2.13. The highest BCUT2D eigenvalue weighted by molar-refractivity contribution is 5.94. The molecule has 0 aliphatic heterocycles. The summed E-state index contributed by atoms with van der Waals surface area (Å²) in [4.78, 5) is 12.5. The van der Waals surface area contributed by atoms with Crippen LogP contribution in [-0.4, -0.2) is 4.57 Å². The van der Waals surface area contributed by atoms with Crippen molar-refractivity contribution in [3.05, 3.63) is 70.3 Å². The van der Waals surface area contributed by atoms with E-state index in [1.165, 1.54) is 16.7 Å². The van der Waals surface area contributed by atoms with E-state index in [1.807, 2.05) is 0 Å². The van der Waals surface area contributed by atoms with E-state index in [0.29, 0.717) is 11.2 Å². The molecule has 0 aliphatic carbocycles. The first-order valence-electron chi connectivity index (χ1n) is 6.23. The number of halogens is 1. The molecule has 1 aromatic heterocycles. The van der Waals surface area contributed by atoms with Gasteiger partial charge in [-0.15, -0.1) is 0 Å². The lowest BCUT2D eigenvalue weighted by Crippen LogP contribution is -2.23. The number of nitrogen functional groups attached to an aromatic ring is 1. The number of nitriles is 1. The van der Waals surface area contributed by atoms with Crippen LogP contribution in [0.5, 0.6) is 0 Å². The molecule has 2 N–H and O–H groups in total. The van der Waals surface area contributed by atoms with Gasteiger partial charge in [0.15, 0.2) is 0 Å². The summed E-state index contributed by atoms with van der Waals surface area (Å²) < 4.78 is 15.4. The summed E-state index contributed by atoms with van der Waals surface area (Å²) in [5, 5.41) is 9.24. The molecule has 2 aromatic carbocycles. The average Bonchev–Trinajstić information content (AvgIpc) is 2.48. The van der Waals surface area contributed by atoms with Crippen molar-refractivity contribution in [2.75, 3.05) is 5.73 Å². The molecule has 3 aromatic rings. The summed E-state index contributed by atoms with van der Waals surface area (Å²) in [5.41, 5.74) is 5.76. The molecule has 0 bridgehead atoms. The Morgan fingerprint density at radius 2 is 1.81 bits per heavy atom. The van der Waals surface area contributed by atoms with Crippen molar-refractivity contribution in [2.45, 2.75) is 0 Å². The Morgan fingerprint density at radius 3 is 2.48 bits per heavy atom. The van der Waals surface area contributed by atoms with Crippen LogP contribution in [0.2, 0.25) is 0 Å². The number of hydrogen-bond acceptors (Lipinski definition) is 3. The third-order valence-corrected chi connectivity index (χ3v) is 3.31. The molecule has 0 amide bonds. The lowest BCUT2D eigenvalue weighted by atomic mass is 10.1. The van der Waals surface area contributed by atoms with Gasteiger partial charge in [-0.05, 0) is 24.3 Å². The van der Waals surface area contributed by atoms with Gasteiger partial charge in [0, 0.05) is 5.69 Å². The van der Waals surface area contributed by atoms with Crippen LogP contribution in [0.1, 0.15) is 5.56 Å². The summed E-state index contributed by atoms with van der Waals surface area (Å²) in [7, 11) is 0. The minimum Gasteiger partial charge on any atom is -0.397 e. The highest BCUT2D eigenvalue weighted by Crippen LogP contribution is 2.26. The third kappa shape index (κ3) is 1.85. The molecule has 0 saturated heterocycles. The number of rotatable bonds is 1. The predicted octanol–water partition coefficient (Wildman–Crippen LogP) is 2.58. The van der Waals surface area contributed by atoms with E-state index in [9.17, 15) is 9.18 Å². The maximum atomic E-state index is 14.1. The smallest absolute Gasteiger partial charge is 0.275 e. The number of benzene rings is 2. The predicted molar refractivity (Wildman–Crippen MR) is 78.6 cm³/mol. The Kier molecular flexibility index (Phi) is 2.92. The first-order valence-corrected chi connectivity index (χ1v) is 6.23. The second-order valence-corrected chi connectivity index (χ2v) is 4.51. The van der Waals surface area contributed by atoms with Crippen LogP contribution in [0.15, 0.2) is 53.3 Å². The molecule has 1 heterocycles. The van der Waals surface area contributed by atoms with Crippen molar-refractivity contribution in [2.24, 2.45) is 0 Å². The van der Waals surface area contributed by atoms with E-state index in [2.05, 4.69) is 0 Å². The number of para-hydroxylation sites is 1.